The maximum atomic E-state index is 7.88. The first-order valence-corrected chi connectivity index (χ1v) is 3.49. The highest BCUT2D eigenvalue weighted by atomic mass is 35.6. The maximum absolute atomic E-state index is 7.88. The molecule has 0 bridgehead atoms. The predicted molar refractivity (Wildman–Crippen MR) is 42.3 cm³/mol. The molecule has 0 rings (SSSR count). The van der Waals surface area contributed by atoms with Gasteiger partial charge in [0, 0.05) is 6.61 Å². The lowest BCUT2D eigenvalue weighted by atomic mass is 10.5. The van der Waals surface area contributed by atoms with Gasteiger partial charge in [-0.15, -0.1) is 0 Å². The van der Waals surface area contributed by atoms with Crippen molar-refractivity contribution in [3.05, 3.63) is 0 Å². The van der Waals surface area contributed by atoms with Crippen LogP contribution >= 0.6 is 34.8 Å². The van der Waals surface area contributed by atoms with Crippen molar-refractivity contribution in [3.8, 4) is 0 Å². The highest BCUT2D eigenvalue weighted by Crippen LogP contribution is 2.03. The molecule has 0 aliphatic rings. The van der Waals surface area contributed by atoms with Crippen molar-refractivity contribution >= 4 is 34.8 Å². The van der Waals surface area contributed by atoms with Crippen LogP contribution < -0.4 is 0 Å². The molecule has 0 radical (unpaired) electrons. The number of alkyl halides is 3. The maximum Gasteiger partial charge on any atom is 0.180 e. The van der Waals surface area contributed by atoms with E-state index in [-0.39, 0.29) is 5.48 Å². The fourth-order valence-corrected chi connectivity index (χ4v) is 0. The summed E-state index contributed by atoms with van der Waals surface area (Å²) >= 11 is 14.4. The Balaban J connectivity index is -0.0000000720. The minimum Gasteiger partial charge on any atom is -0.412 e. The Morgan fingerprint density at radius 1 is 1.33 bits per heavy atom. The van der Waals surface area contributed by atoms with Gasteiger partial charge in [-0.25, -0.2) is 0 Å². The van der Waals surface area contributed by atoms with Crippen LogP contribution in [0.3, 0.4) is 0 Å². The molecule has 0 aromatic carbocycles. The smallest absolute Gasteiger partial charge is 0.180 e. The molecule has 0 spiro atoms. The molecular formula is C4H11Cl3O2. The van der Waals surface area contributed by atoms with Gasteiger partial charge in [0.25, 0.3) is 0 Å². The van der Waals surface area contributed by atoms with Crippen molar-refractivity contribution in [1.82, 2.24) is 0 Å². The van der Waals surface area contributed by atoms with E-state index in [4.69, 9.17) is 39.9 Å². The van der Waals surface area contributed by atoms with Gasteiger partial charge in [-0.1, -0.05) is 41.7 Å². The van der Waals surface area contributed by atoms with E-state index in [1.54, 1.807) is 0 Å². The van der Waals surface area contributed by atoms with E-state index >= 15 is 0 Å². The standard InChI is InChI=1S/C3H8O.CHCl3.H2O/c1-2-3-4;2-1(3)4;/h4H,2-3H2,1H3;1H;1H2. The largest absolute Gasteiger partial charge is 0.412 e. The van der Waals surface area contributed by atoms with Gasteiger partial charge in [0.2, 0.25) is 0 Å². The molecule has 0 amide bonds. The molecule has 0 aromatic rings. The third-order valence-corrected chi connectivity index (χ3v) is 0.224. The lowest BCUT2D eigenvalue weighted by Crippen LogP contribution is -1.69. The van der Waals surface area contributed by atoms with Gasteiger partial charge >= 0.3 is 0 Å². The van der Waals surface area contributed by atoms with Crippen LogP contribution in [0, 0.1) is 0 Å². The molecule has 2 nitrogen and oxygen atoms in total. The second kappa shape index (κ2) is 15.9. The van der Waals surface area contributed by atoms with Gasteiger partial charge in [0.15, 0.2) is 4.30 Å². The number of aliphatic hydroxyl groups excluding tert-OH is 1. The Kier molecular flexibility index (Phi) is 29.0. The summed E-state index contributed by atoms with van der Waals surface area (Å²) in [5, 5.41) is 7.88. The molecule has 0 heterocycles. The molecule has 60 valence electrons. The lowest BCUT2D eigenvalue weighted by Gasteiger charge is -1.69. The van der Waals surface area contributed by atoms with Gasteiger partial charge in [-0.3, -0.25) is 0 Å². The SMILES string of the molecule is CCCO.ClC(Cl)Cl.O. The summed E-state index contributed by atoms with van der Waals surface area (Å²) in [6.07, 6.45) is 0.875. The van der Waals surface area contributed by atoms with Gasteiger partial charge in [-0.05, 0) is 6.42 Å². The molecule has 0 aliphatic carbocycles. The molecule has 0 saturated carbocycles. The molecule has 0 aromatic heterocycles. The van der Waals surface area contributed by atoms with Gasteiger partial charge in [0.1, 0.15) is 0 Å². The Morgan fingerprint density at radius 3 is 1.44 bits per heavy atom. The summed E-state index contributed by atoms with van der Waals surface area (Å²) < 4.78 is -0.750. The predicted octanol–water partition coefficient (Wildman–Crippen LogP) is 1.55. The van der Waals surface area contributed by atoms with E-state index in [0.29, 0.717) is 6.61 Å². The average molecular weight is 197 g/mol. The summed E-state index contributed by atoms with van der Waals surface area (Å²) in [5.41, 5.74) is 0. The lowest BCUT2D eigenvalue weighted by molar-refractivity contribution is 0.295. The molecule has 3 N–H and O–H groups in total. The van der Waals surface area contributed by atoms with Crippen LogP contribution in [0.5, 0.6) is 0 Å². The van der Waals surface area contributed by atoms with E-state index in [1.807, 2.05) is 6.92 Å². The second-order valence-corrected chi connectivity index (χ2v) is 2.95. The number of halogens is 3. The summed E-state index contributed by atoms with van der Waals surface area (Å²) in [5.74, 6) is 0. The van der Waals surface area contributed by atoms with Crippen molar-refractivity contribution in [2.45, 2.75) is 17.6 Å². The number of hydrogen-bond acceptors (Lipinski definition) is 1. The summed E-state index contributed by atoms with van der Waals surface area (Å²) in [6, 6.07) is 0. The zero-order chi connectivity index (χ0) is 6.99. The molecular weight excluding hydrogens is 186 g/mol. The zero-order valence-corrected chi connectivity index (χ0v) is 7.34. The highest BCUT2D eigenvalue weighted by Gasteiger charge is 1.78. The fourth-order valence-electron chi connectivity index (χ4n) is 0. The van der Waals surface area contributed by atoms with Crippen LogP contribution in [0.25, 0.3) is 0 Å². The van der Waals surface area contributed by atoms with Crippen molar-refractivity contribution < 1.29 is 10.6 Å². The van der Waals surface area contributed by atoms with Gasteiger partial charge in [-0.2, -0.15) is 0 Å². The Bertz CT molecular complexity index is 30.2. The molecule has 9 heavy (non-hydrogen) atoms. The molecule has 0 fully saturated rings. The minimum absolute atomic E-state index is 0. The van der Waals surface area contributed by atoms with E-state index in [2.05, 4.69) is 0 Å². The van der Waals surface area contributed by atoms with Crippen molar-refractivity contribution in [1.29, 1.82) is 0 Å². The highest BCUT2D eigenvalue weighted by molar-refractivity contribution is 6.63. The van der Waals surface area contributed by atoms with Crippen LogP contribution in [0.15, 0.2) is 0 Å². The zero-order valence-electron chi connectivity index (χ0n) is 5.07. The van der Waals surface area contributed by atoms with Crippen LogP contribution in [0.4, 0.5) is 0 Å². The number of aliphatic hydroxyl groups is 1. The summed E-state index contributed by atoms with van der Waals surface area (Å²) in [6.45, 7) is 2.25. The van der Waals surface area contributed by atoms with Crippen LogP contribution in [-0.4, -0.2) is 21.5 Å². The van der Waals surface area contributed by atoms with E-state index < -0.39 is 4.30 Å². The first-order chi connectivity index (χ1) is 3.65. The normalized spacial score (nSPS) is 7.33. The third-order valence-electron chi connectivity index (χ3n) is 0.224. The second-order valence-electron chi connectivity index (χ2n) is 0.971. The monoisotopic (exact) mass is 196 g/mol. The van der Waals surface area contributed by atoms with E-state index in [9.17, 15) is 0 Å². The molecule has 0 saturated heterocycles. The van der Waals surface area contributed by atoms with Crippen LogP contribution in [0.2, 0.25) is 0 Å². The topological polar surface area (TPSA) is 51.7 Å². The number of rotatable bonds is 1. The Labute approximate surface area is 70.0 Å². The van der Waals surface area contributed by atoms with Gasteiger partial charge < -0.3 is 10.6 Å². The Hall–Kier alpha value is 0.790. The first kappa shape index (κ1) is 16.4. The third kappa shape index (κ3) is 126. The summed E-state index contributed by atoms with van der Waals surface area (Å²) in [7, 11) is 0. The molecule has 0 atom stereocenters. The average Bonchev–Trinajstić information content (AvgIpc) is 1.65. The summed E-state index contributed by atoms with van der Waals surface area (Å²) in [4.78, 5) is 0. The van der Waals surface area contributed by atoms with Crippen molar-refractivity contribution in [3.63, 3.8) is 0 Å². The van der Waals surface area contributed by atoms with E-state index in [1.165, 1.54) is 0 Å². The Morgan fingerprint density at radius 2 is 1.44 bits per heavy atom. The number of hydrogen-bond donors (Lipinski definition) is 1. The van der Waals surface area contributed by atoms with Crippen LogP contribution in [0.1, 0.15) is 13.3 Å². The minimum atomic E-state index is -0.750. The van der Waals surface area contributed by atoms with Gasteiger partial charge in [0.05, 0.1) is 0 Å². The van der Waals surface area contributed by atoms with Crippen LogP contribution in [-0.2, 0) is 0 Å². The quantitative estimate of drug-likeness (QED) is 0.637. The van der Waals surface area contributed by atoms with E-state index in [0.717, 1.165) is 6.42 Å². The fraction of sp³-hybridized carbons (Fsp3) is 1.00. The first-order valence-electron chi connectivity index (χ1n) is 2.18. The van der Waals surface area contributed by atoms with Crippen molar-refractivity contribution in [2.75, 3.05) is 6.61 Å². The van der Waals surface area contributed by atoms with Crippen molar-refractivity contribution in [2.24, 2.45) is 0 Å². The molecule has 0 unspecified atom stereocenters. The molecule has 5 heteroatoms. The molecule has 0 aliphatic heterocycles.